The molecule has 3 aromatic carbocycles. The second-order valence-electron chi connectivity index (χ2n) is 7.92. The third kappa shape index (κ3) is 5.29. The number of hydrogen-bond donors (Lipinski definition) is 0. The quantitative estimate of drug-likeness (QED) is 0.122. The number of fused-ring (bicyclic) bond motifs is 2. The molecule has 0 aliphatic carbocycles. The minimum atomic E-state index is -0.834. The lowest BCUT2D eigenvalue weighted by Gasteiger charge is -2.12. The molecule has 6 nitrogen and oxygen atoms in total. The van der Waals surface area contributed by atoms with Crippen molar-refractivity contribution in [1.29, 1.82) is 0 Å². The molecule has 1 aromatic heterocycles. The fraction of sp³-hybridized carbons (Fsp3) is 0.222. The van der Waals surface area contributed by atoms with Gasteiger partial charge < -0.3 is 13.9 Å². The Morgan fingerprint density at radius 3 is 2.55 bits per heavy atom. The maximum atomic E-state index is 12.3. The number of hydrogen-bond acceptors (Lipinski definition) is 6. The first-order valence-corrected chi connectivity index (χ1v) is 10.8. The van der Waals surface area contributed by atoms with Crippen molar-refractivity contribution < 1.29 is 23.5 Å². The van der Waals surface area contributed by atoms with Crippen LogP contribution < -0.4 is 10.4 Å². The van der Waals surface area contributed by atoms with Crippen LogP contribution in [-0.2, 0) is 9.53 Å². The molecule has 6 heteroatoms. The van der Waals surface area contributed by atoms with Gasteiger partial charge >= 0.3 is 11.6 Å². The Kier molecular flexibility index (Phi) is 6.54. The summed E-state index contributed by atoms with van der Waals surface area (Å²) in [6, 6.07) is 19.7. The van der Waals surface area contributed by atoms with Gasteiger partial charge in [-0.05, 0) is 60.9 Å². The normalized spacial score (nSPS) is 11.9. The standard InChI is InChI=1S/C27H24O6/c1-17-13-26(29)33-24-16-21-14-22(11-10-20(21)15-23(17)24)31-12-6-9-25(28)32-18(2)27(30)19-7-4-3-5-8-19/h3-5,7-8,10-11,13-16,18H,6,9,12H2,1-2H3. The van der Waals surface area contributed by atoms with E-state index in [2.05, 4.69) is 0 Å². The third-order valence-electron chi connectivity index (χ3n) is 5.41. The van der Waals surface area contributed by atoms with E-state index in [4.69, 9.17) is 13.9 Å². The first-order valence-electron chi connectivity index (χ1n) is 10.8. The van der Waals surface area contributed by atoms with Gasteiger partial charge in [0.2, 0.25) is 5.78 Å². The van der Waals surface area contributed by atoms with Crippen molar-refractivity contribution in [1.82, 2.24) is 0 Å². The van der Waals surface area contributed by atoms with E-state index in [1.54, 1.807) is 31.2 Å². The molecule has 0 amide bonds. The molecule has 0 N–H and O–H groups in total. The number of ether oxygens (including phenoxy) is 2. The summed E-state index contributed by atoms with van der Waals surface area (Å²) >= 11 is 0. The van der Waals surface area contributed by atoms with Crippen molar-refractivity contribution in [2.24, 2.45) is 0 Å². The molecule has 33 heavy (non-hydrogen) atoms. The minimum absolute atomic E-state index is 0.148. The van der Waals surface area contributed by atoms with Crippen LogP contribution in [0.25, 0.3) is 21.7 Å². The van der Waals surface area contributed by atoms with E-state index in [-0.39, 0.29) is 17.8 Å². The van der Waals surface area contributed by atoms with E-state index in [1.165, 1.54) is 6.07 Å². The Hall–Kier alpha value is -3.93. The summed E-state index contributed by atoms with van der Waals surface area (Å²) < 4.78 is 16.4. The van der Waals surface area contributed by atoms with E-state index in [0.717, 1.165) is 21.7 Å². The van der Waals surface area contributed by atoms with Crippen molar-refractivity contribution in [2.75, 3.05) is 6.61 Å². The highest BCUT2D eigenvalue weighted by Gasteiger charge is 2.19. The highest BCUT2D eigenvalue weighted by Crippen LogP contribution is 2.27. The van der Waals surface area contributed by atoms with Crippen LogP contribution in [0, 0.1) is 6.92 Å². The summed E-state index contributed by atoms with van der Waals surface area (Å²) in [7, 11) is 0. The van der Waals surface area contributed by atoms with Crippen LogP contribution in [0.3, 0.4) is 0 Å². The number of ketones is 1. The Labute approximate surface area is 190 Å². The Balaban J connectivity index is 1.31. The van der Waals surface area contributed by atoms with Crippen LogP contribution in [0.1, 0.15) is 35.7 Å². The van der Waals surface area contributed by atoms with E-state index in [0.29, 0.717) is 29.9 Å². The molecule has 0 saturated heterocycles. The number of rotatable bonds is 8. The molecule has 4 aromatic rings. The lowest BCUT2D eigenvalue weighted by atomic mass is 10.0. The van der Waals surface area contributed by atoms with Gasteiger partial charge in [0, 0.05) is 23.4 Å². The average molecular weight is 444 g/mol. The van der Waals surface area contributed by atoms with Gasteiger partial charge in [0.25, 0.3) is 0 Å². The number of carbonyl (C=O) groups is 2. The Morgan fingerprint density at radius 2 is 1.76 bits per heavy atom. The summed E-state index contributed by atoms with van der Waals surface area (Å²) in [4.78, 5) is 36.0. The smallest absolute Gasteiger partial charge is 0.336 e. The molecule has 1 unspecified atom stereocenters. The molecule has 0 aliphatic rings. The molecule has 0 bridgehead atoms. The number of esters is 1. The second-order valence-corrected chi connectivity index (χ2v) is 7.92. The first kappa shape index (κ1) is 22.3. The fourth-order valence-corrected chi connectivity index (χ4v) is 3.68. The van der Waals surface area contributed by atoms with Gasteiger partial charge in [0.15, 0.2) is 6.10 Å². The van der Waals surface area contributed by atoms with Crippen molar-refractivity contribution in [3.05, 3.63) is 88.3 Å². The van der Waals surface area contributed by atoms with E-state index in [1.807, 2.05) is 43.3 Å². The van der Waals surface area contributed by atoms with E-state index >= 15 is 0 Å². The zero-order chi connectivity index (χ0) is 23.4. The summed E-state index contributed by atoms with van der Waals surface area (Å²) in [5, 5.41) is 2.79. The lowest BCUT2D eigenvalue weighted by molar-refractivity contribution is -0.146. The van der Waals surface area contributed by atoms with Crippen molar-refractivity contribution in [3.8, 4) is 5.75 Å². The second kappa shape index (κ2) is 9.69. The van der Waals surface area contributed by atoms with Crippen LogP contribution >= 0.6 is 0 Å². The van der Waals surface area contributed by atoms with Crippen LogP contribution in [0.5, 0.6) is 5.75 Å². The van der Waals surface area contributed by atoms with Crippen molar-refractivity contribution >= 4 is 33.5 Å². The number of Topliss-reactive ketones (excluding diaryl/α,β-unsaturated/α-hetero) is 1. The Bertz CT molecular complexity index is 1370. The maximum Gasteiger partial charge on any atom is 0.336 e. The molecule has 0 spiro atoms. The van der Waals surface area contributed by atoms with Gasteiger partial charge in [0.1, 0.15) is 11.3 Å². The first-order chi connectivity index (χ1) is 15.9. The van der Waals surface area contributed by atoms with Crippen LogP contribution in [-0.4, -0.2) is 24.5 Å². The molecule has 1 heterocycles. The van der Waals surface area contributed by atoms with Crippen LogP contribution in [0.15, 0.2) is 75.9 Å². The zero-order valence-corrected chi connectivity index (χ0v) is 18.5. The molecule has 0 fully saturated rings. The number of carbonyl (C=O) groups excluding carboxylic acids is 2. The topological polar surface area (TPSA) is 82.8 Å². The summed E-state index contributed by atoms with van der Waals surface area (Å²) in [5.74, 6) is -0.0153. The molecule has 4 rings (SSSR count). The highest BCUT2D eigenvalue weighted by atomic mass is 16.5. The molecule has 0 saturated carbocycles. The van der Waals surface area contributed by atoms with Gasteiger partial charge in [-0.2, -0.15) is 0 Å². The maximum absolute atomic E-state index is 12.3. The van der Waals surface area contributed by atoms with E-state index < -0.39 is 12.1 Å². The zero-order valence-electron chi connectivity index (χ0n) is 18.5. The molecule has 168 valence electrons. The molecular formula is C27H24O6. The average Bonchev–Trinajstić information content (AvgIpc) is 2.80. The summed E-state index contributed by atoms with van der Waals surface area (Å²) in [6.07, 6.45) is -0.232. The molecule has 0 aliphatic heterocycles. The number of benzene rings is 3. The fourth-order valence-electron chi connectivity index (χ4n) is 3.68. The van der Waals surface area contributed by atoms with Crippen LogP contribution in [0.4, 0.5) is 0 Å². The molecule has 1 atom stereocenters. The van der Waals surface area contributed by atoms with Crippen molar-refractivity contribution in [2.45, 2.75) is 32.8 Å². The van der Waals surface area contributed by atoms with Gasteiger partial charge in [0.05, 0.1) is 6.61 Å². The molecule has 0 radical (unpaired) electrons. The van der Waals surface area contributed by atoms with Gasteiger partial charge in [-0.3, -0.25) is 9.59 Å². The van der Waals surface area contributed by atoms with Gasteiger partial charge in [-0.1, -0.05) is 36.4 Å². The minimum Gasteiger partial charge on any atom is -0.494 e. The Morgan fingerprint density at radius 1 is 0.970 bits per heavy atom. The predicted molar refractivity (Wildman–Crippen MR) is 126 cm³/mol. The monoisotopic (exact) mass is 444 g/mol. The highest BCUT2D eigenvalue weighted by molar-refractivity contribution is 6.00. The number of aryl methyl sites for hydroxylation is 1. The van der Waals surface area contributed by atoms with E-state index in [9.17, 15) is 14.4 Å². The molecular weight excluding hydrogens is 420 g/mol. The summed E-state index contributed by atoms with van der Waals surface area (Å²) in [5.41, 5.74) is 1.54. The van der Waals surface area contributed by atoms with Crippen LogP contribution in [0.2, 0.25) is 0 Å². The third-order valence-corrected chi connectivity index (χ3v) is 5.41. The lowest BCUT2D eigenvalue weighted by Crippen LogP contribution is -2.24. The van der Waals surface area contributed by atoms with Gasteiger partial charge in [-0.15, -0.1) is 0 Å². The van der Waals surface area contributed by atoms with Crippen molar-refractivity contribution in [3.63, 3.8) is 0 Å². The van der Waals surface area contributed by atoms with Gasteiger partial charge in [-0.25, -0.2) is 4.79 Å². The largest absolute Gasteiger partial charge is 0.494 e. The predicted octanol–water partition coefficient (Wildman–Crippen LogP) is 5.23. The summed E-state index contributed by atoms with van der Waals surface area (Å²) in [6.45, 7) is 3.78. The SMILES string of the molecule is Cc1cc(=O)oc2cc3cc(OCCCC(=O)OC(C)C(=O)c4ccccc4)ccc3cc12.